The Hall–Kier alpha value is -1.06. The molecule has 0 aromatic heterocycles. The standard InChI is InChI=1S/C6H7N.CH5NO.2CH4/c7-6-4-2-1-3-5-6;2-1-3;;/h1-5H,7H2;3H,1-2H2;2*1H4. The van der Waals surface area contributed by atoms with Gasteiger partial charge in [-0.1, -0.05) is 33.1 Å². The first-order chi connectivity index (χ1) is 4.81. The van der Waals surface area contributed by atoms with E-state index >= 15 is 0 Å². The first-order valence-corrected chi connectivity index (χ1v) is 2.92. The summed E-state index contributed by atoms with van der Waals surface area (Å²) in [5.41, 5.74) is 10.6. The number of para-hydroxylation sites is 1. The number of rotatable bonds is 0. The van der Waals surface area contributed by atoms with Crippen molar-refractivity contribution in [2.75, 3.05) is 12.5 Å². The van der Waals surface area contributed by atoms with E-state index in [1.54, 1.807) is 0 Å². The topological polar surface area (TPSA) is 72.3 Å². The molecule has 0 saturated carbocycles. The van der Waals surface area contributed by atoms with E-state index in [-0.39, 0.29) is 21.6 Å². The van der Waals surface area contributed by atoms with Gasteiger partial charge in [0.05, 0.1) is 6.73 Å². The summed E-state index contributed by atoms with van der Waals surface area (Å²) >= 11 is 0. The number of hydrogen-bond acceptors (Lipinski definition) is 3. The molecule has 0 heterocycles. The molecule has 0 aliphatic heterocycles. The maximum atomic E-state index is 7.35. The van der Waals surface area contributed by atoms with Crippen molar-refractivity contribution in [2.45, 2.75) is 14.9 Å². The molecule has 0 atom stereocenters. The monoisotopic (exact) mass is 172 g/mol. The number of aliphatic hydroxyl groups is 1. The zero-order chi connectivity index (χ0) is 7.82. The van der Waals surface area contributed by atoms with Gasteiger partial charge in [-0.15, -0.1) is 0 Å². The predicted octanol–water partition coefficient (Wildman–Crippen LogP) is 1.44. The summed E-state index contributed by atoms with van der Waals surface area (Å²) in [5, 5.41) is 7.35. The molecule has 1 aromatic carbocycles. The van der Waals surface area contributed by atoms with E-state index in [0.717, 1.165) is 5.69 Å². The Labute approximate surface area is 75.0 Å². The highest BCUT2D eigenvalue weighted by Crippen LogP contribution is 1.95. The summed E-state index contributed by atoms with van der Waals surface area (Å²) in [7, 11) is 0. The molecule has 0 spiro atoms. The lowest BCUT2D eigenvalue weighted by Crippen LogP contribution is -1.92. The molecule has 1 rings (SSSR count). The van der Waals surface area contributed by atoms with E-state index in [1.165, 1.54) is 0 Å². The van der Waals surface area contributed by atoms with Crippen LogP contribution in [0.3, 0.4) is 0 Å². The van der Waals surface area contributed by atoms with Crippen LogP contribution in [0.1, 0.15) is 14.9 Å². The van der Waals surface area contributed by atoms with Gasteiger partial charge in [-0.2, -0.15) is 0 Å². The maximum absolute atomic E-state index is 7.35. The number of benzene rings is 1. The second kappa shape index (κ2) is 12.6. The number of nitrogens with two attached hydrogens (primary N) is 2. The molecular formula is C9H20N2O. The summed E-state index contributed by atoms with van der Waals surface area (Å²) in [5.74, 6) is 0. The summed E-state index contributed by atoms with van der Waals surface area (Å²) < 4.78 is 0. The van der Waals surface area contributed by atoms with E-state index in [2.05, 4.69) is 5.73 Å². The quantitative estimate of drug-likeness (QED) is 0.409. The van der Waals surface area contributed by atoms with Crippen molar-refractivity contribution >= 4 is 5.69 Å². The van der Waals surface area contributed by atoms with Crippen LogP contribution >= 0.6 is 0 Å². The Morgan fingerprint density at radius 3 is 1.58 bits per heavy atom. The van der Waals surface area contributed by atoms with Crippen molar-refractivity contribution in [2.24, 2.45) is 5.73 Å². The highest BCUT2D eigenvalue weighted by Gasteiger charge is 1.72. The molecule has 0 aliphatic rings. The molecule has 0 saturated heterocycles. The molecule has 72 valence electrons. The average molecular weight is 172 g/mol. The Balaban J connectivity index is -0.000000146. The molecule has 12 heavy (non-hydrogen) atoms. The molecule has 0 amide bonds. The fourth-order valence-electron chi connectivity index (χ4n) is 0.453. The SMILES string of the molecule is C.C.NCO.Nc1ccccc1. The van der Waals surface area contributed by atoms with Gasteiger partial charge in [-0.05, 0) is 12.1 Å². The summed E-state index contributed by atoms with van der Waals surface area (Å²) in [6.07, 6.45) is 0. The molecule has 3 nitrogen and oxygen atoms in total. The molecule has 5 N–H and O–H groups in total. The van der Waals surface area contributed by atoms with E-state index in [0.29, 0.717) is 0 Å². The van der Waals surface area contributed by atoms with Gasteiger partial charge < -0.3 is 16.6 Å². The van der Waals surface area contributed by atoms with Crippen LogP contribution in [0.5, 0.6) is 0 Å². The molecular weight excluding hydrogens is 152 g/mol. The first-order valence-electron chi connectivity index (χ1n) is 2.92. The number of nitrogen functional groups attached to an aromatic ring is 1. The minimum atomic E-state index is -0.250. The Morgan fingerprint density at radius 1 is 1.08 bits per heavy atom. The summed E-state index contributed by atoms with van der Waals surface area (Å²) in [6, 6.07) is 9.49. The Bertz CT molecular complexity index is 154. The van der Waals surface area contributed by atoms with Crippen LogP contribution in [-0.4, -0.2) is 11.8 Å². The third-order valence-corrected chi connectivity index (χ3v) is 0.800. The van der Waals surface area contributed by atoms with E-state index < -0.39 is 0 Å². The average Bonchev–Trinajstić information content (AvgIpc) is 1.91. The Kier molecular flexibility index (Phi) is 18.0. The predicted molar refractivity (Wildman–Crippen MR) is 55.6 cm³/mol. The van der Waals surface area contributed by atoms with Crippen LogP contribution in [-0.2, 0) is 0 Å². The van der Waals surface area contributed by atoms with Crippen LogP contribution < -0.4 is 11.5 Å². The van der Waals surface area contributed by atoms with Gasteiger partial charge in [0.25, 0.3) is 0 Å². The van der Waals surface area contributed by atoms with Gasteiger partial charge in [0.1, 0.15) is 0 Å². The fourth-order valence-corrected chi connectivity index (χ4v) is 0.453. The second-order valence-corrected chi connectivity index (χ2v) is 1.59. The molecule has 1 aromatic rings. The lowest BCUT2D eigenvalue weighted by Gasteiger charge is -1.83. The van der Waals surface area contributed by atoms with Gasteiger partial charge in [0.2, 0.25) is 0 Å². The third-order valence-electron chi connectivity index (χ3n) is 0.800. The second-order valence-electron chi connectivity index (χ2n) is 1.59. The first kappa shape index (κ1) is 17.1. The Morgan fingerprint density at radius 2 is 1.42 bits per heavy atom. The zero-order valence-electron chi connectivity index (χ0n) is 5.70. The van der Waals surface area contributed by atoms with E-state index in [4.69, 9.17) is 10.8 Å². The smallest absolute Gasteiger partial charge is 0.0906 e. The third kappa shape index (κ3) is 11.7. The highest BCUT2D eigenvalue weighted by molar-refractivity contribution is 5.35. The van der Waals surface area contributed by atoms with Gasteiger partial charge >= 0.3 is 0 Å². The lowest BCUT2D eigenvalue weighted by atomic mass is 10.3. The lowest BCUT2D eigenvalue weighted by molar-refractivity contribution is 0.307. The van der Waals surface area contributed by atoms with Gasteiger partial charge in [-0.25, -0.2) is 0 Å². The van der Waals surface area contributed by atoms with Gasteiger partial charge in [0.15, 0.2) is 0 Å². The van der Waals surface area contributed by atoms with Crippen molar-refractivity contribution < 1.29 is 5.11 Å². The molecule has 3 heteroatoms. The van der Waals surface area contributed by atoms with Crippen LogP contribution in [0.4, 0.5) is 5.69 Å². The molecule has 0 bridgehead atoms. The maximum Gasteiger partial charge on any atom is 0.0906 e. The molecule has 0 fully saturated rings. The van der Waals surface area contributed by atoms with Gasteiger partial charge in [-0.3, -0.25) is 0 Å². The van der Waals surface area contributed by atoms with Crippen LogP contribution in [0, 0.1) is 0 Å². The van der Waals surface area contributed by atoms with Crippen molar-refractivity contribution in [3.05, 3.63) is 30.3 Å². The zero-order valence-corrected chi connectivity index (χ0v) is 5.70. The molecule has 0 radical (unpaired) electrons. The summed E-state index contributed by atoms with van der Waals surface area (Å²) in [6.45, 7) is -0.250. The number of aliphatic hydroxyl groups excluding tert-OH is 1. The van der Waals surface area contributed by atoms with Crippen molar-refractivity contribution in [1.29, 1.82) is 0 Å². The largest absolute Gasteiger partial charge is 0.399 e. The normalized spacial score (nSPS) is 6.50. The van der Waals surface area contributed by atoms with Crippen molar-refractivity contribution in [1.82, 2.24) is 0 Å². The van der Waals surface area contributed by atoms with Crippen molar-refractivity contribution in [3.8, 4) is 0 Å². The van der Waals surface area contributed by atoms with Gasteiger partial charge in [0, 0.05) is 5.69 Å². The fraction of sp³-hybridized carbons (Fsp3) is 0.333. The number of hydrogen-bond donors (Lipinski definition) is 3. The minimum Gasteiger partial charge on any atom is -0.399 e. The molecule has 0 aliphatic carbocycles. The van der Waals surface area contributed by atoms with E-state index in [1.807, 2.05) is 30.3 Å². The van der Waals surface area contributed by atoms with Crippen LogP contribution in [0.2, 0.25) is 0 Å². The highest BCUT2D eigenvalue weighted by atomic mass is 16.3. The summed E-state index contributed by atoms with van der Waals surface area (Å²) in [4.78, 5) is 0. The number of anilines is 1. The molecule has 0 unspecified atom stereocenters. The van der Waals surface area contributed by atoms with Crippen LogP contribution in [0.25, 0.3) is 0 Å². The van der Waals surface area contributed by atoms with E-state index in [9.17, 15) is 0 Å². The minimum absolute atomic E-state index is 0. The van der Waals surface area contributed by atoms with Crippen molar-refractivity contribution in [3.63, 3.8) is 0 Å². The van der Waals surface area contributed by atoms with Crippen LogP contribution in [0.15, 0.2) is 30.3 Å².